The topological polar surface area (TPSA) is 44.5 Å². The Morgan fingerprint density at radius 1 is 1.29 bits per heavy atom. The zero-order valence-electron chi connectivity index (χ0n) is 9.42. The van der Waals surface area contributed by atoms with E-state index in [4.69, 9.17) is 15.2 Å². The second-order valence-corrected chi connectivity index (χ2v) is 4.12. The largest absolute Gasteiger partial charge is 0.383 e. The van der Waals surface area contributed by atoms with Crippen molar-refractivity contribution in [2.45, 2.75) is 50.7 Å². The van der Waals surface area contributed by atoms with Gasteiger partial charge in [-0.1, -0.05) is 19.3 Å². The molecule has 0 radical (unpaired) electrons. The molecule has 1 atom stereocenters. The van der Waals surface area contributed by atoms with Gasteiger partial charge in [-0.05, 0) is 19.8 Å². The normalized spacial score (nSPS) is 23.4. The Hall–Kier alpha value is -0.120. The Bertz CT molecular complexity index is 150. The Labute approximate surface area is 86.9 Å². The van der Waals surface area contributed by atoms with Gasteiger partial charge in [0.25, 0.3) is 0 Å². The third-order valence-corrected chi connectivity index (χ3v) is 3.15. The quantitative estimate of drug-likeness (QED) is 0.736. The molecule has 0 amide bonds. The molecule has 1 rings (SSSR count). The molecule has 14 heavy (non-hydrogen) atoms. The van der Waals surface area contributed by atoms with Gasteiger partial charge in [0.2, 0.25) is 0 Å². The number of hydrogen-bond donors (Lipinski definition) is 1. The summed E-state index contributed by atoms with van der Waals surface area (Å²) in [6.45, 7) is 3.38. The van der Waals surface area contributed by atoms with Crippen LogP contribution in [0.1, 0.15) is 39.0 Å². The number of nitrogens with two attached hydrogens (primary N) is 1. The monoisotopic (exact) mass is 201 g/mol. The molecule has 3 nitrogen and oxygen atoms in total. The molecular weight excluding hydrogens is 178 g/mol. The molecule has 0 aromatic heterocycles. The second kappa shape index (κ2) is 5.69. The molecule has 0 aliphatic heterocycles. The van der Waals surface area contributed by atoms with Crippen molar-refractivity contribution >= 4 is 0 Å². The zero-order chi connectivity index (χ0) is 10.4. The van der Waals surface area contributed by atoms with Gasteiger partial charge in [-0.15, -0.1) is 0 Å². The molecule has 1 saturated carbocycles. The first-order chi connectivity index (χ1) is 6.75. The predicted molar refractivity (Wildman–Crippen MR) is 57.3 cm³/mol. The van der Waals surface area contributed by atoms with Crippen LogP contribution in [0.25, 0.3) is 0 Å². The van der Waals surface area contributed by atoms with Crippen molar-refractivity contribution in [2.75, 3.05) is 20.3 Å². The van der Waals surface area contributed by atoms with Gasteiger partial charge in [0.05, 0.1) is 18.2 Å². The minimum absolute atomic E-state index is 0.0211. The molecule has 1 unspecified atom stereocenters. The van der Waals surface area contributed by atoms with Gasteiger partial charge in [0.15, 0.2) is 0 Å². The molecule has 1 fully saturated rings. The smallest absolute Gasteiger partial charge is 0.0855 e. The van der Waals surface area contributed by atoms with Gasteiger partial charge < -0.3 is 15.2 Å². The summed E-state index contributed by atoms with van der Waals surface area (Å²) in [5, 5.41) is 0. The van der Waals surface area contributed by atoms with E-state index in [2.05, 4.69) is 0 Å². The highest BCUT2D eigenvalue weighted by Crippen LogP contribution is 2.33. The van der Waals surface area contributed by atoms with Gasteiger partial charge in [0, 0.05) is 13.7 Å². The van der Waals surface area contributed by atoms with Crippen LogP contribution in [0, 0.1) is 0 Å². The molecule has 1 aliphatic rings. The molecule has 2 N–H and O–H groups in total. The fourth-order valence-corrected chi connectivity index (χ4v) is 2.39. The Morgan fingerprint density at radius 3 is 2.43 bits per heavy atom. The fraction of sp³-hybridized carbons (Fsp3) is 1.00. The first-order valence-electron chi connectivity index (χ1n) is 5.63. The van der Waals surface area contributed by atoms with Gasteiger partial charge in [-0.25, -0.2) is 0 Å². The summed E-state index contributed by atoms with van der Waals surface area (Å²) < 4.78 is 11.0. The lowest BCUT2D eigenvalue weighted by Crippen LogP contribution is -2.53. The Kier molecular flexibility index (Phi) is 4.85. The molecule has 0 bridgehead atoms. The van der Waals surface area contributed by atoms with Crippen molar-refractivity contribution < 1.29 is 9.47 Å². The molecule has 0 spiro atoms. The van der Waals surface area contributed by atoms with Crippen molar-refractivity contribution in [3.63, 3.8) is 0 Å². The van der Waals surface area contributed by atoms with Crippen LogP contribution in [-0.4, -0.2) is 32.0 Å². The minimum Gasteiger partial charge on any atom is -0.383 e. The number of ether oxygens (including phenoxy) is 2. The van der Waals surface area contributed by atoms with Crippen molar-refractivity contribution in [3.8, 4) is 0 Å². The molecule has 0 aromatic rings. The van der Waals surface area contributed by atoms with Crippen LogP contribution in [0.15, 0.2) is 0 Å². The highest BCUT2D eigenvalue weighted by atomic mass is 16.5. The molecule has 0 aromatic carbocycles. The molecule has 84 valence electrons. The summed E-state index contributed by atoms with van der Waals surface area (Å²) in [6.07, 6.45) is 5.96. The second-order valence-electron chi connectivity index (χ2n) is 4.12. The average molecular weight is 201 g/mol. The van der Waals surface area contributed by atoms with Crippen LogP contribution >= 0.6 is 0 Å². The van der Waals surface area contributed by atoms with E-state index < -0.39 is 0 Å². The molecule has 0 heterocycles. The molecule has 3 heteroatoms. The standard InChI is InChI=1S/C11H23NO2/c1-3-14-11(10(12)9-13-2)7-5-4-6-8-11/h10H,3-9,12H2,1-2H3. The molecule has 1 aliphatic carbocycles. The average Bonchev–Trinajstić information content (AvgIpc) is 2.20. The van der Waals surface area contributed by atoms with Gasteiger partial charge in [-0.3, -0.25) is 0 Å². The van der Waals surface area contributed by atoms with Crippen molar-refractivity contribution in [3.05, 3.63) is 0 Å². The summed E-state index contributed by atoms with van der Waals surface area (Å²) in [5.41, 5.74) is 6.02. The maximum absolute atomic E-state index is 6.13. The first kappa shape index (κ1) is 12.0. The van der Waals surface area contributed by atoms with Gasteiger partial charge >= 0.3 is 0 Å². The first-order valence-corrected chi connectivity index (χ1v) is 5.63. The maximum atomic E-state index is 6.13. The number of hydrogen-bond acceptors (Lipinski definition) is 3. The molecular formula is C11H23NO2. The summed E-state index contributed by atoms with van der Waals surface area (Å²) in [4.78, 5) is 0. The Balaban J connectivity index is 2.58. The third-order valence-electron chi connectivity index (χ3n) is 3.15. The number of methoxy groups -OCH3 is 1. The van der Waals surface area contributed by atoms with Crippen LogP contribution in [-0.2, 0) is 9.47 Å². The lowest BCUT2D eigenvalue weighted by molar-refractivity contribution is -0.0935. The summed E-state index contributed by atoms with van der Waals surface area (Å²) in [6, 6.07) is 0.0211. The van der Waals surface area contributed by atoms with E-state index in [9.17, 15) is 0 Å². The predicted octanol–water partition coefficient (Wildman–Crippen LogP) is 1.70. The SMILES string of the molecule is CCOC1(C(N)COC)CCCCC1. The zero-order valence-corrected chi connectivity index (χ0v) is 9.42. The maximum Gasteiger partial charge on any atom is 0.0855 e. The highest BCUT2D eigenvalue weighted by Gasteiger charge is 2.38. The molecule has 0 saturated heterocycles. The fourth-order valence-electron chi connectivity index (χ4n) is 2.39. The summed E-state index contributed by atoms with van der Waals surface area (Å²) >= 11 is 0. The minimum atomic E-state index is -0.108. The third kappa shape index (κ3) is 2.69. The Morgan fingerprint density at radius 2 is 1.93 bits per heavy atom. The highest BCUT2D eigenvalue weighted by molar-refractivity contribution is 4.93. The summed E-state index contributed by atoms with van der Waals surface area (Å²) in [5.74, 6) is 0. The van der Waals surface area contributed by atoms with Crippen LogP contribution < -0.4 is 5.73 Å². The van der Waals surface area contributed by atoms with Crippen LogP contribution in [0.4, 0.5) is 0 Å². The van der Waals surface area contributed by atoms with Crippen LogP contribution in [0.2, 0.25) is 0 Å². The van der Waals surface area contributed by atoms with Gasteiger partial charge in [-0.2, -0.15) is 0 Å². The van der Waals surface area contributed by atoms with E-state index in [0.717, 1.165) is 19.4 Å². The van der Waals surface area contributed by atoms with E-state index in [1.54, 1.807) is 7.11 Å². The van der Waals surface area contributed by atoms with Gasteiger partial charge in [0.1, 0.15) is 0 Å². The van der Waals surface area contributed by atoms with Crippen molar-refractivity contribution in [1.82, 2.24) is 0 Å². The summed E-state index contributed by atoms with van der Waals surface area (Å²) in [7, 11) is 1.70. The van der Waals surface area contributed by atoms with E-state index in [0.29, 0.717) is 6.61 Å². The number of rotatable bonds is 5. The van der Waals surface area contributed by atoms with E-state index in [1.807, 2.05) is 6.92 Å². The lowest BCUT2D eigenvalue weighted by Gasteiger charge is -2.41. The van der Waals surface area contributed by atoms with Crippen molar-refractivity contribution in [1.29, 1.82) is 0 Å². The van der Waals surface area contributed by atoms with Crippen molar-refractivity contribution in [2.24, 2.45) is 5.73 Å². The van der Waals surface area contributed by atoms with E-state index in [-0.39, 0.29) is 11.6 Å². The van der Waals surface area contributed by atoms with Crippen LogP contribution in [0.5, 0.6) is 0 Å². The van der Waals surface area contributed by atoms with E-state index >= 15 is 0 Å². The lowest BCUT2D eigenvalue weighted by atomic mass is 9.79. The van der Waals surface area contributed by atoms with Crippen LogP contribution in [0.3, 0.4) is 0 Å². The van der Waals surface area contributed by atoms with E-state index in [1.165, 1.54) is 19.3 Å².